The first kappa shape index (κ1) is 19.4. The van der Waals surface area contributed by atoms with Gasteiger partial charge in [0.25, 0.3) is 0 Å². The zero-order valence-corrected chi connectivity index (χ0v) is 13.4. The maximum Gasteiger partial charge on any atom is 0.338 e. The molecule has 7 nitrogen and oxygen atoms in total. The van der Waals surface area contributed by atoms with Gasteiger partial charge in [-0.05, 0) is 24.6 Å². The van der Waals surface area contributed by atoms with Gasteiger partial charge >= 0.3 is 11.9 Å². The summed E-state index contributed by atoms with van der Waals surface area (Å²) in [5.74, 6) is -1.26. The second-order valence-electron chi connectivity index (χ2n) is 4.87. The molecule has 0 bridgehead atoms. The van der Waals surface area contributed by atoms with Crippen molar-refractivity contribution in [3.8, 4) is 0 Å². The summed E-state index contributed by atoms with van der Waals surface area (Å²) >= 11 is 0. The van der Waals surface area contributed by atoms with Crippen LogP contribution in [0.5, 0.6) is 0 Å². The van der Waals surface area contributed by atoms with Crippen molar-refractivity contribution < 1.29 is 29.0 Å². The maximum atomic E-state index is 11.8. The number of rotatable bonds is 10. The average Bonchev–Trinajstić information content (AvgIpc) is 2.59. The van der Waals surface area contributed by atoms with E-state index in [4.69, 9.17) is 9.47 Å². The predicted octanol–water partition coefficient (Wildman–Crippen LogP) is 0.828. The van der Waals surface area contributed by atoms with Gasteiger partial charge < -0.3 is 19.9 Å². The maximum absolute atomic E-state index is 11.8. The highest BCUT2D eigenvalue weighted by Gasteiger charge is 2.29. The summed E-state index contributed by atoms with van der Waals surface area (Å²) in [6.07, 6.45) is -0.909. The van der Waals surface area contributed by atoms with Crippen LogP contribution in [0.4, 0.5) is 0 Å². The molecule has 0 aliphatic heterocycles. The molecule has 2 unspecified atom stereocenters. The molecule has 0 aliphatic carbocycles. The van der Waals surface area contributed by atoms with Crippen LogP contribution in [0.1, 0.15) is 23.7 Å². The summed E-state index contributed by atoms with van der Waals surface area (Å²) in [7, 11) is 0. The minimum Gasteiger partial charge on any atom is -0.464 e. The fraction of sp³-hybridized carbons (Fsp3) is 0.353. The molecule has 0 fully saturated rings. The Kier molecular flexibility index (Phi) is 8.21. The lowest BCUT2D eigenvalue weighted by atomic mass is 10.0. The van der Waals surface area contributed by atoms with Crippen molar-refractivity contribution in [1.82, 2.24) is 5.32 Å². The summed E-state index contributed by atoms with van der Waals surface area (Å²) in [6, 6.07) is 7.21. The van der Waals surface area contributed by atoms with Gasteiger partial charge in [-0.3, -0.25) is 4.79 Å². The predicted molar refractivity (Wildman–Crippen MR) is 86.1 cm³/mol. The van der Waals surface area contributed by atoms with Gasteiger partial charge in [0.2, 0.25) is 6.41 Å². The van der Waals surface area contributed by atoms with Gasteiger partial charge in [0, 0.05) is 6.42 Å². The zero-order chi connectivity index (χ0) is 17.9. The summed E-state index contributed by atoms with van der Waals surface area (Å²) in [5, 5.41) is 12.3. The first-order valence-electron chi connectivity index (χ1n) is 7.45. The molecule has 0 aliphatic rings. The first-order chi connectivity index (χ1) is 11.5. The van der Waals surface area contributed by atoms with E-state index < -0.39 is 24.1 Å². The van der Waals surface area contributed by atoms with Crippen LogP contribution in [-0.4, -0.2) is 48.8 Å². The minimum atomic E-state index is -1.34. The smallest absolute Gasteiger partial charge is 0.338 e. The molecule has 24 heavy (non-hydrogen) atoms. The Labute approximate surface area is 140 Å². The number of hydrogen-bond acceptors (Lipinski definition) is 6. The number of carbonyl (C=O) groups excluding carboxylic acids is 3. The van der Waals surface area contributed by atoms with E-state index in [1.807, 2.05) is 0 Å². The molecule has 0 saturated carbocycles. The Balaban J connectivity index is 2.51. The largest absolute Gasteiger partial charge is 0.464 e. The van der Waals surface area contributed by atoms with E-state index in [0.717, 1.165) is 0 Å². The summed E-state index contributed by atoms with van der Waals surface area (Å²) < 4.78 is 9.86. The van der Waals surface area contributed by atoms with Gasteiger partial charge in [-0.2, -0.15) is 0 Å². The highest BCUT2D eigenvalue weighted by molar-refractivity contribution is 5.89. The molecule has 0 aromatic heterocycles. The summed E-state index contributed by atoms with van der Waals surface area (Å²) in [4.78, 5) is 34.1. The lowest BCUT2D eigenvalue weighted by molar-refractivity contribution is -0.149. The SMILES string of the molecule is C=C(CCOC(=O)c1ccccc1)C(O)C(NC=O)C(=O)OCC. The first-order valence-corrected chi connectivity index (χ1v) is 7.45. The van der Waals surface area contributed by atoms with Crippen LogP contribution < -0.4 is 5.32 Å². The number of ether oxygens (including phenoxy) is 2. The van der Waals surface area contributed by atoms with Crippen molar-refractivity contribution in [3.63, 3.8) is 0 Å². The van der Waals surface area contributed by atoms with Crippen LogP contribution in [0, 0.1) is 0 Å². The lowest BCUT2D eigenvalue weighted by Crippen LogP contribution is -2.47. The molecule has 0 radical (unpaired) electrons. The molecule has 1 aromatic rings. The van der Waals surface area contributed by atoms with E-state index in [2.05, 4.69) is 11.9 Å². The Morgan fingerprint density at radius 1 is 1.29 bits per heavy atom. The van der Waals surface area contributed by atoms with Gasteiger partial charge in [-0.15, -0.1) is 0 Å². The van der Waals surface area contributed by atoms with Crippen molar-refractivity contribution in [1.29, 1.82) is 0 Å². The molecule has 1 aromatic carbocycles. The third-order valence-corrected chi connectivity index (χ3v) is 3.19. The summed E-state index contributed by atoms with van der Waals surface area (Å²) in [6.45, 7) is 5.38. The van der Waals surface area contributed by atoms with Crippen molar-refractivity contribution >= 4 is 18.3 Å². The van der Waals surface area contributed by atoms with Gasteiger partial charge in [-0.25, -0.2) is 9.59 Å². The van der Waals surface area contributed by atoms with Crippen LogP contribution in [0.3, 0.4) is 0 Å². The molecule has 2 atom stereocenters. The topological polar surface area (TPSA) is 102 Å². The Hall–Kier alpha value is -2.67. The number of aliphatic hydroxyl groups excluding tert-OH is 1. The normalized spacial score (nSPS) is 12.6. The molecule has 2 N–H and O–H groups in total. The third kappa shape index (κ3) is 5.85. The molecule has 0 heterocycles. The van der Waals surface area contributed by atoms with Crippen LogP contribution in [0.15, 0.2) is 42.5 Å². The second kappa shape index (κ2) is 10.2. The van der Waals surface area contributed by atoms with Crippen LogP contribution in [-0.2, 0) is 19.1 Å². The van der Waals surface area contributed by atoms with Crippen molar-refractivity contribution in [3.05, 3.63) is 48.0 Å². The molecule has 7 heteroatoms. The molecule has 0 spiro atoms. The molecule has 1 amide bonds. The van der Waals surface area contributed by atoms with Crippen LogP contribution in [0.25, 0.3) is 0 Å². The standard InChI is InChI=1S/C17H21NO6/c1-3-23-17(22)14(18-11-19)15(20)12(2)9-10-24-16(21)13-7-5-4-6-8-13/h4-8,11,14-15,20H,2-3,9-10H2,1H3,(H,18,19). The average molecular weight is 335 g/mol. The van der Waals surface area contributed by atoms with Crippen LogP contribution >= 0.6 is 0 Å². The van der Waals surface area contributed by atoms with Gasteiger partial charge in [0.1, 0.15) is 6.10 Å². The van der Waals surface area contributed by atoms with Crippen molar-refractivity contribution in [2.45, 2.75) is 25.5 Å². The number of esters is 2. The zero-order valence-electron chi connectivity index (χ0n) is 13.4. The van der Waals surface area contributed by atoms with E-state index in [9.17, 15) is 19.5 Å². The highest BCUT2D eigenvalue weighted by Crippen LogP contribution is 2.11. The van der Waals surface area contributed by atoms with E-state index >= 15 is 0 Å². The second-order valence-corrected chi connectivity index (χ2v) is 4.87. The Morgan fingerprint density at radius 2 is 1.96 bits per heavy atom. The number of hydrogen-bond donors (Lipinski definition) is 2. The lowest BCUT2D eigenvalue weighted by Gasteiger charge is -2.22. The number of amides is 1. The molecule has 1 rings (SSSR count). The minimum absolute atomic E-state index is 0.0136. The fourth-order valence-corrected chi connectivity index (χ4v) is 1.91. The third-order valence-electron chi connectivity index (χ3n) is 3.19. The van der Waals surface area contributed by atoms with E-state index in [1.54, 1.807) is 37.3 Å². The molecule has 130 valence electrons. The number of aliphatic hydroxyl groups is 1. The van der Waals surface area contributed by atoms with E-state index in [0.29, 0.717) is 12.0 Å². The van der Waals surface area contributed by atoms with Crippen molar-refractivity contribution in [2.24, 2.45) is 0 Å². The number of nitrogens with one attached hydrogen (secondary N) is 1. The number of benzene rings is 1. The molecule has 0 saturated heterocycles. The molecular formula is C17H21NO6. The van der Waals surface area contributed by atoms with Crippen molar-refractivity contribution in [2.75, 3.05) is 13.2 Å². The highest BCUT2D eigenvalue weighted by atomic mass is 16.5. The Bertz CT molecular complexity index is 572. The quantitative estimate of drug-likeness (QED) is 0.373. The fourth-order valence-electron chi connectivity index (χ4n) is 1.91. The van der Waals surface area contributed by atoms with E-state index in [1.165, 1.54) is 0 Å². The van der Waals surface area contributed by atoms with Gasteiger partial charge in [0.15, 0.2) is 6.04 Å². The van der Waals surface area contributed by atoms with Gasteiger partial charge in [0.05, 0.1) is 18.8 Å². The Morgan fingerprint density at radius 3 is 2.54 bits per heavy atom. The monoisotopic (exact) mass is 335 g/mol. The van der Waals surface area contributed by atoms with E-state index in [-0.39, 0.29) is 25.2 Å². The van der Waals surface area contributed by atoms with Crippen LogP contribution in [0.2, 0.25) is 0 Å². The summed E-state index contributed by atoms with van der Waals surface area (Å²) in [5.41, 5.74) is 0.652. The van der Waals surface area contributed by atoms with Gasteiger partial charge in [-0.1, -0.05) is 24.8 Å². The number of carbonyl (C=O) groups is 3. The molecular weight excluding hydrogens is 314 g/mol.